The summed E-state index contributed by atoms with van der Waals surface area (Å²) in [6.07, 6.45) is 1.43. The summed E-state index contributed by atoms with van der Waals surface area (Å²) in [7, 11) is -3.49. The van der Waals surface area contributed by atoms with Gasteiger partial charge in [-0.2, -0.15) is 9.40 Å². The van der Waals surface area contributed by atoms with Crippen molar-refractivity contribution in [2.24, 2.45) is 0 Å². The molecule has 0 aromatic carbocycles. The Bertz CT molecular complexity index is 607. The van der Waals surface area contributed by atoms with E-state index in [4.69, 9.17) is 0 Å². The van der Waals surface area contributed by atoms with Gasteiger partial charge in [-0.05, 0) is 34.1 Å². The quantitative estimate of drug-likeness (QED) is 0.901. The molecule has 0 unspecified atom stereocenters. The average molecular weight is 350 g/mol. The van der Waals surface area contributed by atoms with Gasteiger partial charge in [-0.15, -0.1) is 11.3 Å². The van der Waals surface area contributed by atoms with E-state index >= 15 is 0 Å². The monoisotopic (exact) mass is 349 g/mol. The molecular formula is C10H12BrN3O2S2. The van der Waals surface area contributed by atoms with Gasteiger partial charge in [0.15, 0.2) is 5.03 Å². The molecular weight excluding hydrogens is 338 g/mol. The molecule has 18 heavy (non-hydrogen) atoms. The summed E-state index contributed by atoms with van der Waals surface area (Å²) in [5, 5.41) is 6.30. The Balaban J connectivity index is 2.24. The fourth-order valence-electron chi connectivity index (χ4n) is 1.50. The standard InChI is InChI=1S/C10H12BrN3O2S2/c1-2-14(7-8-3-4-9(11)17-8)18(15,16)10-5-6-12-13-10/h3-6H,2,7H2,1H3,(H,12,13). The molecule has 0 aliphatic heterocycles. The highest BCUT2D eigenvalue weighted by Gasteiger charge is 2.24. The van der Waals surface area contributed by atoms with Crippen LogP contribution in [0.5, 0.6) is 0 Å². The summed E-state index contributed by atoms with van der Waals surface area (Å²) in [4.78, 5) is 0.992. The molecule has 0 amide bonds. The second-order valence-corrected chi connectivity index (χ2v) is 8.01. The number of nitrogens with one attached hydrogen (secondary N) is 1. The van der Waals surface area contributed by atoms with Crippen molar-refractivity contribution in [2.75, 3.05) is 6.54 Å². The number of thiophene rings is 1. The largest absolute Gasteiger partial charge is 0.266 e. The van der Waals surface area contributed by atoms with Crippen LogP contribution in [0.25, 0.3) is 0 Å². The minimum absolute atomic E-state index is 0.125. The molecule has 0 spiro atoms. The molecule has 2 aromatic heterocycles. The second kappa shape index (κ2) is 5.52. The summed E-state index contributed by atoms with van der Waals surface area (Å²) in [6, 6.07) is 5.29. The van der Waals surface area contributed by atoms with Crippen molar-refractivity contribution < 1.29 is 8.42 Å². The van der Waals surface area contributed by atoms with E-state index in [1.165, 1.54) is 27.9 Å². The van der Waals surface area contributed by atoms with Crippen LogP contribution >= 0.6 is 27.3 Å². The van der Waals surface area contributed by atoms with Gasteiger partial charge in [-0.3, -0.25) is 5.10 Å². The van der Waals surface area contributed by atoms with Crippen LogP contribution in [0.1, 0.15) is 11.8 Å². The molecule has 0 aliphatic rings. The van der Waals surface area contributed by atoms with Crippen molar-refractivity contribution in [1.29, 1.82) is 0 Å². The van der Waals surface area contributed by atoms with Gasteiger partial charge in [0, 0.05) is 18.0 Å². The highest BCUT2D eigenvalue weighted by Crippen LogP contribution is 2.25. The summed E-state index contributed by atoms with van der Waals surface area (Å²) < 4.78 is 27.0. The Morgan fingerprint density at radius 2 is 2.22 bits per heavy atom. The first kappa shape index (κ1) is 13.7. The summed E-state index contributed by atoms with van der Waals surface area (Å²) in [6.45, 7) is 2.60. The maximum atomic E-state index is 12.3. The number of H-pyrrole nitrogens is 1. The van der Waals surface area contributed by atoms with Crippen LogP contribution in [-0.4, -0.2) is 29.5 Å². The third-order valence-corrected chi connectivity index (χ3v) is 5.87. The van der Waals surface area contributed by atoms with Crippen molar-refractivity contribution >= 4 is 37.3 Å². The summed E-state index contributed by atoms with van der Waals surface area (Å²) >= 11 is 4.90. The molecule has 0 bridgehead atoms. The van der Waals surface area contributed by atoms with E-state index in [1.807, 2.05) is 19.1 Å². The number of aromatic nitrogens is 2. The molecule has 1 N–H and O–H groups in total. The van der Waals surface area contributed by atoms with Gasteiger partial charge in [-0.1, -0.05) is 6.92 Å². The maximum Gasteiger partial charge on any atom is 0.260 e. The van der Waals surface area contributed by atoms with Gasteiger partial charge in [0.1, 0.15) is 0 Å². The minimum atomic E-state index is -3.49. The summed E-state index contributed by atoms with van der Waals surface area (Å²) in [5.74, 6) is 0. The fourth-order valence-corrected chi connectivity index (χ4v) is 4.41. The third-order valence-electron chi connectivity index (χ3n) is 2.41. The highest BCUT2D eigenvalue weighted by atomic mass is 79.9. The Morgan fingerprint density at radius 1 is 1.44 bits per heavy atom. The molecule has 0 aliphatic carbocycles. The van der Waals surface area contributed by atoms with Gasteiger partial charge in [0.2, 0.25) is 0 Å². The van der Waals surface area contributed by atoms with Gasteiger partial charge in [0.25, 0.3) is 10.0 Å². The molecule has 2 rings (SSSR count). The minimum Gasteiger partial charge on any atom is -0.266 e. The Morgan fingerprint density at radius 3 is 2.72 bits per heavy atom. The van der Waals surface area contributed by atoms with E-state index in [1.54, 1.807) is 0 Å². The number of sulfonamides is 1. The van der Waals surface area contributed by atoms with Crippen LogP contribution in [0.2, 0.25) is 0 Å². The van der Waals surface area contributed by atoms with Crippen molar-refractivity contribution in [3.05, 3.63) is 33.1 Å². The molecule has 0 saturated heterocycles. The lowest BCUT2D eigenvalue weighted by atomic mass is 10.4. The fraction of sp³-hybridized carbons (Fsp3) is 0.300. The van der Waals surface area contributed by atoms with E-state index in [0.29, 0.717) is 13.1 Å². The van der Waals surface area contributed by atoms with Crippen molar-refractivity contribution in [2.45, 2.75) is 18.5 Å². The molecule has 0 atom stereocenters. The normalized spacial score (nSPS) is 12.2. The molecule has 2 heterocycles. The van der Waals surface area contributed by atoms with Crippen LogP contribution < -0.4 is 0 Å². The van der Waals surface area contributed by atoms with E-state index in [0.717, 1.165) is 8.66 Å². The Hall–Kier alpha value is -0.700. The van der Waals surface area contributed by atoms with Gasteiger partial charge >= 0.3 is 0 Å². The van der Waals surface area contributed by atoms with E-state index in [9.17, 15) is 8.42 Å². The molecule has 98 valence electrons. The van der Waals surface area contributed by atoms with Crippen molar-refractivity contribution in [3.8, 4) is 0 Å². The van der Waals surface area contributed by atoms with Crippen molar-refractivity contribution in [1.82, 2.24) is 14.5 Å². The lowest BCUT2D eigenvalue weighted by Crippen LogP contribution is -2.30. The van der Waals surface area contributed by atoms with E-state index < -0.39 is 10.0 Å². The first-order valence-corrected chi connectivity index (χ1v) is 8.32. The number of hydrogen-bond donors (Lipinski definition) is 1. The first-order chi connectivity index (χ1) is 8.54. The molecule has 2 aromatic rings. The molecule has 0 fully saturated rings. The topological polar surface area (TPSA) is 66.1 Å². The number of halogens is 1. The molecule has 0 radical (unpaired) electrons. The zero-order valence-corrected chi connectivity index (χ0v) is 12.8. The van der Waals surface area contributed by atoms with Gasteiger partial charge in [-0.25, -0.2) is 8.42 Å². The Kier molecular flexibility index (Phi) is 4.21. The van der Waals surface area contributed by atoms with Crippen LogP contribution in [0.4, 0.5) is 0 Å². The average Bonchev–Trinajstić information content (AvgIpc) is 2.96. The number of aromatic amines is 1. The zero-order valence-electron chi connectivity index (χ0n) is 9.63. The maximum absolute atomic E-state index is 12.3. The van der Waals surface area contributed by atoms with E-state index in [2.05, 4.69) is 26.1 Å². The SMILES string of the molecule is CCN(Cc1ccc(Br)s1)S(=O)(=O)c1ccn[nH]1. The Labute approximate surface area is 118 Å². The van der Waals surface area contributed by atoms with Crippen LogP contribution in [0.15, 0.2) is 33.2 Å². The second-order valence-electron chi connectivity index (χ2n) is 3.56. The predicted octanol–water partition coefficient (Wildman–Crippen LogP) is 2.44. The lowest BCUT2D eigenvalue weighted by molar-refractivity contribution is 0.424. The van der Waals surface area contributed by atoms with Gasteiger partial charge < -0.3 is 0 Å². The van der Waals surface area contributed by atoms with Crippen molar-refractivity contribution in [3.63, 3.8) is 0 Å². The number of hydrogen-bond acceptors (Lipinski definition) is 4. The zero-order chi connectivity index (χ0) is 13.2. The third kappa shape index (κ3) is 2.82. The highest BCUT2D eigenvalue weighted by molar-refractivity contribution is 9.11. The molecule has 5 nitrogen and oxygen atoms in total. The molecule has 0 saturated carbocycles. The predicted molar refractivity (Wildman–Crippen MR) is 73.9 cm³/mol. The van der Waals surface area contributed by atoms with Gasteiger partial charge in [0.05, 0.1) is 9.98 Å². The van der Waals surface area contributed by atoms with Crippen LogP contribution in [0, 0.1) is 0 Å². The first-order valence-electron chi connectivity index (χ1n) is 5.27. The summed E-state index contributed by atoms with van der Waals surface area (Å²) in [5.41, 5.74) is 0. The lowest BCUT2D eigenvalue weighted by Gasteiger charge is -2.18. The van der Waals surface area contributed by atoms with Crippen LogP contribution in [0.3, 0.4) is 0 Å². The smallest absolute Gasteiger partial charge is 0.260 e. The number of nitrogens with zero attached hydrogens (tertiary/aromatic N) is 2. The van der Waals surface area contributed by atoms with E-state index in [-0.39, 0.29) is 5.03 Å². The van der Waals surface area contributed by atoms with Crippen LogP contribution in [-0.2, 0) is 16.6 Å². The molecule has 8 heteroatoms. The number of rotatable bonds is 5.